The molecule has 5 heteroatoms. The molecule has 0 fully saturated rings. The van der Waals surface area contributed by atoms with Crippen LogP contribution in [0.2, 0.25) is 0 Å². The first-order chi connectivity index (χ1) is 9.27. The molecule has 0 saturated heterocycles. The van der Waals surface area contributed by atoms with E-state index in [1.54, 1.807) is 13.3 Å². The van der Waals surface area contributed by atoms with E-state index in [1.165, 1.54) is 0 Å². The fraction of sp³-hybridized carbons (Fsp3) is 0.643. The van der Waals surface area contributed by atoms with E-state index in [4.69, 9.17) is 14.2 Å². The molecule has 0 saturated carbocycles. The normalized spacial score (nSPS) is 12.4. The topological polar surface area (TPSA) is 52.6 Å². The monoisotopic (exact) mass is 268 g/mol. The van der Waals surface area contributed by atoms with Gasteiger partial charge in [-0.3, -0.25) is 0 Å². The molecule has 0 amide bonds. The van der Waals surface area contributed by atoms with E-state index in [1.807, 2.05) is 19.2 Å². The van der Waals surface area contributed by atoms with Gasteiger partial charge in [0.25, 0.3) is 0 Å². The van der Waals surface area contributed by atoms with E-state index in [2.05, 4.69) is 17.2 Å². The Hall–Kier alpha value is -1.17. The van der Waals surface area contributed by atoms with Gasteiger partial charge in [-0.2, -0.15) is 0 Å². The highest BCUT2D eigenvalue weighted by Gasteiger charge is 2.04. The zero-order chi connectivity index (χ0) is 13.9. The molecule has 1 aromatic rings. The molecule has 5 nitrogen and oxygen atoms in total. The number of hydrogen-bond donors (Lipinski definition) is 1. The van der Waals surface area contributed by atoms with Gasteiger partial charge in [0.05, 0.1) is 6.61 Å². The van der Waals surface area contributed by atoms with Gasteiger partial charge < -0.3 is 19.5 Å². The molecule has 1 aromatic heterocycles. The summed E-state index contributed by atoms with van der Waals surface area (Å²) in [6, 6.07) is 4.22. The molecule has 1 atom stereocenters. The van der Waals surface area contributed by atoms with Crippen molar-refractivity contribution in [3.05, 3.63) is 23.9 Å². The number of methoxy groups -OCH3 is 1. The largest absolute Gasteiger partial charge is 0.475 e. The molecule has 1 heterocycles. The van der Waals surface area contributed by atoms with Crippen LogP contribution in [0.25, 0.3) is 0 Å². The Kier molecular flexibility index (Phi) is 8.13. The van der Waals surface area contributed by atoms with Gasteiger partial charge in [0.2, 0.25) is 5.88 Å². The van der Waals surface area contributed by atoms with Gasteiger partial charge in [0, 0.05) is 38.6 Å². The summed E-state index contributed by atoms with van der Waals surface area (Å²) in [5, 5.41) is 3.18. The standard InChI is InChI=1S/C14H24N2O3/c1-12(15-2)13-5-6-16-14(11-13)19-10-9-18-8-4-7-17-3/h5-6,11-12,15H,4,7-10H2,1-3H3. The van der Waals surface area contributed by atoms with Crippen LogP contribution in [-0.4, -0.2) is 45.6 Å². The lowest BCUT2D eigenvalue weighted by molar-refractivity contribution is 0.0795. The van der Waals surface area contributed by atoms with Crippen LogP contribution < -0.4 is 10.1 Å². The molecule has 0 aromatic carbocycles. The number of aromatic nitrogens is 1. The molecule has 1 unspecified atom stereocenters. The maximum atomic E-state index is 5.55. The molecule has 0 aliphatic carbocycles. The minimum atomic E-state index is 0.288. The number of nitrogens with zero attached hydrogens (tertiary/aromatic N) is 1. The molecule has 0 aliphatic rings. The number of ether oxygens (including phenoxy) is 3. The number of pyridine rings is 1. The number of rotatable bonds is 10. The van der Waals surface area contributed by atoms with Gasteiger partial charge in [-0.1, -0.05) is 0 Å². The van der Waals surface area contributed by atoms with Crippen LogP contribution in [-0.2, 0) is 9.47 Å². The molecule has 0 bridgehead atoms. The minimum Gasteiger partial charge on any atom is -0.475 e. The van der Waals surface area contributed by atoms with Crippen LogP contribution in [0.5, 0.6) is 5.88 Å². The van der Waals surface area contributed by atoms with E-state index in [0.717, 1.165) is 18.6 Å². The summed E-state index contributed by atoms with van der Waals surface area (Å²) in [6.07, 6.45) is 2.67. The minimum absolute atomic E-state index is 0.288. The molecule has 108 valence electrons. The molecule has 0 radical (unpaired) electrons. The maximum absolute atomic E-state index is 5.55. The van der Waals surface area contributed by atoms with Crippen molar-refractivity contribution in [1.82, 2.24) is 10.3 Å². The van der Waals surface area contributed by atoms with Crippen molar-refractivity contribution in [2.75, 3.05) is 40.6 Å². The van der Waals surface area contributed by atoms with Gasteiger partial charge in [0.15, 0.2) is 0 Å². The van der Waals surface area contributed by atoms with E-state index < -0.39 is 0 Å². The van der Waals surface area contributed by atoms with Gasteiger partial charge in [-0.25, -0.2) is 4.98 Å². The molecule has 1 N–H and O–H groups in total. The van der Waals surface area contributed by atoms with E-state index in [9.17, 15) is 0 Å². The summed E-state index contributed by atoms with van der Waals surface area (Å²) in [7, 11) is 3.62. The van der Waals surface area contributed by atoms with Crippen molar-refractivity contribution in [3.8, 4) is 5.88 Å². The molecular formula is C14H24N2O3. The second-order valence-electron chi connectivity index (χ2n) is 4.24. The fourth-order valence-electron chi connectivity index (χ4n) is 1.55. The lowest BCUT2D eigenvalue weighted by Gasteiger charge is -2.12. The first kappa shape index (κ1) is 15.9. The van der Waals surface area contributed by atoms with Crippen LogP contribution in [0, 0.1) is 0 Å². The second kappa shape index (κ2) is 9.72. The Morgan fingerprint density at radius 3 is 2.84 bits per heavy atom. The van der Waals surface area contributed by atoms with Crippen molar-refractivity contribution >= 4 is 0 Å². The van der Waals surface area contributed by atoms with Gasteiger partial charge in [0.1, 0.15) is 6.61 Å². The highest BCUT2D eigenvalue weighted by molar-refractivity contribution is 5.23. The first-order valence-electron chi connectivity index (χ1n) is 6.60. The van der Waals surface area contributed by atoms with Crippen LogP contribution in [0.15, 0.2) is 18.3 Å². The van der Waals surface area contributed by atoms with Gasteiger partial charge >= 0.3 is 0 Å². The Morgan fingerprint density at radius 2 is 2.11 bits per heavy atom. The zero-order valence-corrected chi connectivity index (χ0v) is 12.0. The Bertz CT molecular complexity index is 347. The average molecular weight is 268 g/mol. The third-order valence-electron chi connectivity index (χ3n) is 2.81. The second-order valence-corrected chi connectivity index (χ2v) is 4.24. The lowest BCUT2D eigenvalue weighted by Crippen LogP contribution is -2.13. The van der Waals surface area contributed by atoms with E-state index >= 15 is 0 Å². The smallest absolute Gasteiger partial charge is 0.213 e. The summed E-state index contributed by atoms with van der Waals surface area (Å²) in [5.74, 6) is 0.639. The molecule has 1 rings (SSSR count). The molecule has 19 heavy (non-hydrogen) atoms. The van der Waals surface area contributed by atoms with Crippen molar-refractivity contribution in [2.45, 2.75) is 19.4 Å². The summed E-state index contributed by atoms with van der Waals surface area (Å²) in [4.78, 5) is 4.18. The van der Waals surface area contributed by atoms with Crippen molar-refractivity contribution in [1.29, 1.82) is 0 Å². The van der Waals surface area contributed by atoms with Gasteiger partial charge in [-0.05, 0) is 32.0 Å². The van der Waals surface area contributed by atoms with Crippen LogP contribution in [0.4, 0.5) is 0 Å². The van der Waals surface area contributed by atoms with Crippen LogP contribution in [0.1, 0.15) is 24.9 Å². The summed E-state index contributed by atoms with van der Waals surface area (Å²) >= 11 is 0. The Balaban J connectivity index is 2.22. The molecular weight excluding hydrogens is 244 g/mol. The Labute approximate surface area is 115 Å². The highest BCUT2D eigenvalue weighted by atomic mass is 16.5. The zero-order valence-electron chi connectivity index (χ0n) is 12.0. The van der Waals surface area contributed by atoms with E-state index in [0.29, 0.717) is 25.7 Å². The maximum Gasteiger partial charge on any atom is 0.213 e. The quantitative estimate of drug-likeness (QED) is 0.656. The summed E-state index contributed by atoms with van der Waals surface area (Å²) < 4.78 is 15.9. The predicted molar refractivity (Wildman–Crippen MR) is 74.5 cm³/mol. The summed E-state index contributed by atoms with van der Waals surface area (Å²) in [5.41, 5.74) is 1.16. The van der Waals surface area contributed by atoms with Crippen molar-refractivity contribution in [3.63, 3.8) is 0 Å². The SMILES string of the molecule is CNC(C)c1ccnc(OCCOCCCOC)c1. The Morgan fingerprint density at radius 1 is 1.26 bits per heavy atom. The highest BCUT2D eigenvalue weighted by Crippen LogP contribution is 2.15. The first-order valence-corrected chi connectivity index (χ1v) is 6.60. The lowest BCUT2D eigenvalue weighted by atomic mass is 10.1. The number of hydrogen-bond acceptors (Lipinski definition) is 5. The average Bonchev–Trinajstić information content (AvgIpc) is 2.46. The number of nitrogens with one attached hydrogen (secondary N) is 1. The third-order valence-corrected chi connectivity index (χ3v) is 2.81. The fourth-order valence-corrected chi connectivity index (χ4v) is 1.55. The van der Waals surface area contributed by atoms with Crippen LogP contribution in [0.3, 0.4) is 0 Å². The summed E-state index contributed by atoms with van der Waals surface area (Å²) in [6.45, 7) is 4.60. The van der Waals surface area contributed by atoms with Crippen molar-refractivity contribution < 1.29 is 14.2 Å². The third kappa shape index (κ3) is 6.52. The van der Waals surface area contributed by atoms with Crippen LogP contribution >= 0.6 is 0 Å². The van der Waals surface area contributed by atoms with E-state index in [-0.39, 0.29) is 6.04 Å². The molecule has 0 aliphatic heterocycles. The van der Waals surface area contributed by atoms with Gasteiger partial charge in [-0.15, -0.1) is 0 Å². The predicted octanol–water partition coefficient (Wildman–Crippen LogP) is 1.79. The molecule has 0 spiro atoms. The van der Waals surface area contributed by atoms with Crippen molar-refractivity contribution in [2.24, 2.45) is 0 Å².